The van der Waals surface area contributed by atoms with E-state index in [4.69, 9.17) is 4.52 Å². The van der Waals surface area contributed by atoms with Crippen LogP contribution >= 0.6 is 0 Å². The number of hydrogen-bond acceptors (Lipinski definition) is 5. The van der Waals surface area contributed by atoms with E-state index in [2.05, 4.69) is 5.16 Å². The molecule has 198 valence electrons. The van der Waals surface area contributed by atoms with E-state index in [0.717, 1.165) is 6.07 Å². The lowest BCUT2D eigenvalue weighted by atomic mass is 9.97. The van der Waals surface area contributed by atoms with Crippen LogP contribution in [0.2, 0.25) is 0 Å². The lowest BCUT2D eigenvalue weighted by molar-refractivity contribution is -0.0324. The number of anilines is 1. The molecule has 0 saturated carbocycles. The normalized spacial score (nSPS) is 21.5. The van der Waals surface area contributed by atoms with Crippen LogP contribution in [0.25, 0.3) is 22.1 Å². The van der Waals surface area contributed by atoms with Gasteiger partial charge >= 0.3 is 6.03 Å². The van der Waals surface area contributed by atoms with Crippen LogP contribution in [0.3, 0.4) is 0 Å². The zero-order valence-corrected chi connectivity index (χ0v) is 19.3. The molecule has 8 nitrogen and oxygen atoms in total. The molecule has 16 heteroatoms. The number of amides is 2. The summed E-state index contributed by atoms with van der Waals surface area (Å²) in [6.07, 6.45) is -2.44. The highest BCUT2D eigenvalue weighted by Crippen LogP contribution is 2.45. The second-order valence-electron chi connectivity index (χ2n) is 8.67. The van der Waals surface area contributed by atoms with Crippen LogP contribution < -0.4 is 9.62 Å². The van der Waals surface area contributed by atoms with Crippen LogP contribution in [-0.4, -0.2) is 61.9 Å². The number of hydrogen-bond donors (Lipinski definition) is 1. The quantitative estimate of drug-likeness (QED) is 0.483. The summed E-state index contributed by atoms with van der Waals surface area (Å²) >= 11 is 0. The summed E-state index contributed by atoms with van der Waals surface area (Å²) in [7, 11) is -4.04. The smallest absolute Gasteiger partial charge is 0.326 e. The van der Waals surface area contributed by atoms with Gasteiger partial charge in [0.1, 0.15) is 29.5 Å². The first-order valence-electron chi connectivity index (χ1n) is 10.5. The molecule has 1 N–H and O–H groups in total. The molecule has 2 atom stereocenters. The molecule has 0 bridgehead atoms. The third-order valence-corrected chi connectivity index (χ3v) is 6.93. The number of sulfonamides is 1. The summed E-state index contributed by atoms with van der Waals surface area (Å²) in [5, 5.41) is 3.28. The van der Waals surface area contributed by atoms with Gasteiger partial charge in [0.2, 0.25) is 10.0 Å². The van der Waals surface area contributed by atoms with Crippen molar-refractivity contribution in [2.75, 3.05) is 24.2 Å². The zero-order chi connectivity index (χ0) is 27.0. The minimum absolute atomic E-state index is 0.319. The predicted octanol–water partition coefficient (Wildman–Crippen LogP) is 4.03. The molecular weight excluding hydrogens is 537 g/mol. The van der Waals surface area contributed by atoms with Crippen molar-refractivity contribution < 1.29 is 48.5 Å². The highest BCUT2D eigenvalue weighted by atomic mass is 32.2. The van der Waals surface area contributed by atoms with Crippen LogP contribution in [0, 0.1) is 17.5 Å². The molecule has 0 radical (unpaired) electrons. The lowest BCUT2D eigenvalue weighted by Gasteiger charge is -2.23. The molecular formula is C21H15F7N4O4S. The van der Waals surface area contributed by atoms with E-state index in [1.807, 2.05) is 0 Å². The van der Waals surface area contributed by atoms with Crippen LogP contribution in [0.4, 0.5) is 41.3 Å². The van der Waals surface area contributed by atoms with Crippen LogP contribution in [0.1, 0.15) is 12.0 Å². The molecule has 0 spiro atoms. The molecule has 1 aromatic heterocycles. The van der Waals surface area contributed by atoms with Crippen LogP contribution in [0.15, 0.2) is 28.8 Å². The summed E-state index contributed by atoms with van der Waals surface area (Å²) in [5.74, 6) is -8.38. The molecule has 5 rings (SSSR count). The van der Waals surface area contributed by atoms with E-state index in [9.17, 15) is 35.2 Å². The van der Waals surface area contributed by atoms with Crippen molar-refractivity contribution in [3.8, 4) is 11.1 Å². The van der Waals surface area contributed by atoms with Gasteiger partial charge in [0, 0.05) is 29.8 Å². The summed E-state index contributed by atoms with van der Waals surface area (Å²) in [5.41, 5.74) is -2.66. The number of urea groups is 1. The van der Waals surface area contributed by atoms with Gasteiger partial charge in [0.05, 0.1) is 23.8 Å². The molecule has 2 aromatic carbocycles. The minimum Gasteiger partial charge on any atom is -0.354 e. The fraction of sp³-hybridized carbons (Fsp3) is 0.333. The number of rotatable bonds is 5. The topological polar surface area (TPSA) is 95.8 Å². The highest BCUT2D eigenvalue weighted by molar-refractivity contribution is 7.88. The van der Waals surface area contributed by atoms with E-state index in [0.29, 0.717) is 34.3 Å². The number of fused-ring (bicyclic) bond motifs is 2. The Labute approximate surface area is 203 Å². The van der Waals surface area contributed by atoms with Crippen LogP contribution in [-0.2, 0) is 10.0 Å². The third kappa shape index (κ3) is 4.07. The number of halogens is 7. The first-order valence-corrected chi connectivity index (χ1v) is 12.4. The summed E-state index contributed by atoms with van der Waals surface area (Å²) < 4.78 is 130. The Morgan fingerprint density at radius 1 is 1.11 bits per heavy atom. The van der Waals surface area contributed by atoms with Gasteiger partial charge in [-0.2, -0.15) is 0 Å². The Kier molecular flexibility index (Phi) is 5.67. The molecule has 0 aliphatic carbocycles. The van der Waals surface area contributed by atoms with Crippen molar-refractivity contribution >= 4 is 32.8 Å². The van der Waals surface area contributed by atoms with Gasteiger partial charge in [-0.1, -0.05) is 5.16 Å². The average Bonchev–Trinajstić information content (AvgIpc) is 3.39. The summed E-state index contributed by atoms with van der Waals surface area (Å²) in [6, 6.07) is -2.62. The number of alkyl halides is 4. The maximum absolute atomic E-state index is 15.0. The Morgan fingerprint density at radius 3 is 2.32 bits per heavy atom. The lowest BCUT2D eigenvalue weighted by Crippen LogP contribution is -2.50. The van der Waals surface area contributed by atoms with Crippen LogP contribution in [0.5, 0.6) is 0 Å². The van der Waals surface area contributed by atoms with Gasteiger partial charge in [-0.25, -0.2) is 48.7 Å². The standard InChI is InChI=1S/C21H15F7N4O4S/c1-37(34,35)30-14-6-31-15(21(14,27)28)7-32(20(31)33)19-17-10(16-11(23)4-9(22)5-12(16)24)2-8(18(25)26)3-13(17)36-29-19/h2-5,14-15,18,30H,6-7H2,1H3/t14-,15-/m1/s1. The third-order valence-electron chi connectivity index (χ3n) is 6.22. The van der Waals surface area contributed by atoms with Gasteiger partial charge < -0.3 is 9.42 Å². The predicted molar refractivity (Wildman–Crippen MR) is 114 cm³/mol. The number of aromatic nitrogens is 1. The molecule has 0 unspecified atom stereocenters. The Balaban J connectivity index is 1.63. The van der Waals surface area contributed by atoms with Gasteiger partial charge in [0.25, 0.3) is 12.3 Å². The molecule has 3 heterocycles. The SMILES string of the molecule is CS(=O)(=O)N[C@@H]1CN2C(=O)N(c3noc4cc(C(F)F)cc(-c5c(F)cc(F)cc5F)c34)C[C@@H]2C1(F)F. The van der Waals surface area contributed by atoms with Crippen molar-refractivity contribution in [3.05, 3.63) is 47.3 Å². The fourth-order valence-corrected chi connectivity index (χ4v) is 5.41. The molecule has 2 aliphatic rings. The van der Waals surface area contributed by atoms with E-state index >= 15 is 8.78 Å². The van der Waals surface area contributed by atoms with E-state index < -0.39 is 99.1 Å². The monoisotopic (exact) mass is 552 g/mol. The largest absolute Gasteiger partial charge is 0.354 e. The van der Waals surface area contributed by atoms with Crippen molar-refractivity contribution in [1.29, 1.82) is 0 Å². The summed E-state index contributed by atoms with van der Waals surface area (Å²) in [6.45, 7) is -1.43. The van der Waals surface area contributed by atoms with Gasteiger partial charge in [-0.05, 0) is 12.1 Å². The summed E-state index contributed by atoms with van der Waals surface area (Å²) in [4.78, 5) is 14.5. The van der Waals surface area contributed by atoms with E-state index in [-0.39, 0.29) is 5.39 Å². The first kappa shape index (κ1) is 25.3. The number of carbonyl (C=O) groups excluding carboxylic acids is 1. The molecule has 2 amide bonds. The van der Waals surface area contributed by atoms with Crippen molar-refractivity contribution in [1.82, 2.24) is 14.8 Å². The maximum atomic E-state index is 15.0. The molecule has 2 aliphatic heterocycles. The number of carbonyl (C=O) groups is 1. The van der Waals surface area contributed by atoms with Crippen molar-refractivity contribution in [2.24, 2.45) is 0 Å². The van der Waals surface area contributed by atoms with E-state index in [1.54, 1.807) is 4.72 Å². The molecule has 3 aromatic rings. The number of nitrogens with zero attached hydrogens (tertiary/aromatic N) is 3. The second-order valence-corrected chi connectivity index (χ2v) is 10.5. The average molecular weight is 552 g/mol. The number of nitrogens with one attached hydrogen (secondary N) is 1. The van der Waals surface area contributed by atoms with E-state index in [1.165, 1.54) is 0 Å². The first-order chi connectivity index (χ1) is 17.2. The Hall–Kier alpha value is -3.40. The molecule has 2 saturated heterocycles. The minimum atomic E-state index is -4.04. The highest BCUT2D eigenvalue weighted by Gasteiger charge is 2.63. The maximum Gasteiger partial charge on any atom is 0.326 e. The second kappa shape index (κ2) is 8.31. The Bertz CT molecular complexity index is 1520. The van der Waals surface area contributed by atoms with Crippen molar-refractivity contribution in [2.45, 2.75) is 24.4 Å². The van der Waals surface area contributed by atoms with Gasteiger partial charge in [-0.3, -0.25) is 4.90 Å². The molecule has 2 fully saturated rings. The van der Waals surface area contributed by atoms with Crippen molar-refractivity contribution in [3.63, 3.8) is 0 Å². The fourth-order valence-electron chi connectivity index (χ4n) is 4.66. The molecule has 37 heavy (non-hydrogen) atoms. The van der Waals surface area contributed by atoms with Gasteiger partial charge in [0.15, 0.2) is 11.4 Å². The van der Waals surface area contributed by atoms with Gasteiger partial charge in [-0.15, -0.1) is 0 Å². The Morgan fingerprint density at radius 2 is 1.76 bits per heavy atom. The number of benzene rings is 2. The zero-order valence-electron chi connectivity index (χ0n) is 18.5.